The van der Waals surface area contributed by atoms with Crippen LogP contribution in [0, 0.1) is 0 Å². The number of rotatable bonds is 14. The smallest absolute Gasteiger partial charge is 0.258 e. The third kappa shape index (κ3) is 10.5. The second-order valence-electron chi connectivity index (χ2n) is 7.60. The van der Waals surface area contributed by atoms with Crippen LogP contribution in [0.15, 0.2) is 29.3 Å². The van der Waals surface area contributed by atoms with E-state index in [0.29, 0.717) is 11.8 Å². The van der Waals surface area contributed by atoms with E-state index in [1.54, 1.807) is 14.2 Å². The summed E-state index contributed by atoms with van der Waals surface area (Å²) in [4.78, 5) is 18.2. The number of ether oxygens (including phenoxy) is 2. The molecule has 1 aromatic carbocycles. The first-order chi connectivity index (χ1) is 14.6. The number of hydrogen-bond acceptors (Lipinski definition) is 5. The molecule has 0 saturated heterocycles. The van der Waals surface area contributed by atoms with Crippen molar-refractivity contribution in [1.82, 2.24) is 20.9 Å². The molecule has 1 fully saturated rings. The predicted molar refractivity (Wildman–Crippen MR) is 120 cm³/mol. The minimum Gasteiger partial charge on any atom is -0.484 e. The number of amides is 1. The van der Waals surface area contributed by atoms with Gasteiger partial charge in [0.1, 0.15) is 5.75 Å². The molecule has 0 unspecified atom stereocenters. The third-order valence-corrected chi connectivity index (χ3v) is 4.84. The van der Waals surface area contributed by atoms with Gasteiger partial charge in [0, 0.05) is 53.0 Å². The Morgan fingerprint density at radius 3 is 2.57 bits per heavy atom. The first-order valence-corrected chi connectivity index (χ1v) is 10.7. The molecule has 0 heterocycles. The number of carbonyl (C=O) groups is 1. The molecule has 0 aromatic heterocycles. The molecule has 0 aliphatic heterocycles. The molecule has 0 bridgehead atoms. The summed E-state index contributed by atoms with van der Waals surface area (Å²) in [6.07, 6.45) is 4.08. The molecule has 1 aliphatic rings. The Morgan fingerprint density at radius 1 is 1.17 bits per heavy atom. The number of benzene rings is 1. The van der Waals surface area contributed by atoms with Crippen molar-refractivity contribution in [1.29, 1.82) is 0 Å². The van der Waals surface area contributed by atoms with Crippen LogP contribution in [0.3, 0.4) is 0 Å². The van der Waals surface area contributed by atoms with Gasteiger partial charge in [-0.2, -0.15) is 0 Å². The fourth-order valence-corrected chi connectivity index (χ4v) is 2.90. The van der Waals surface area contributed by atoms with E-state index in [1.807, 2.05) is 24.3 Å². The van der Waals surface area contributed by atoms with E-state index in [0.717, 1.165) is 64.4 Å². The Labute approximate surface area is 180 Å². The zero-order chi connectivity index (χ0) is 21.6. The Balaban J connectivity index is 1.58. The van der Waals surface area contributed by atoms with Crippen LogP contribution in [0.25, 0.3) is 0 Å². The second-order valence-corrected chi connectivity index (χ2v) is 7.60. The zero-order valence-corrected chi connectivity index (χ0v) is 18.6. The van der Waals surface area contributed by atoms with Gasteiger partial charge in [0.25, 0.3) is 5.91 Å². The molecule has 0 radical (unpaired) electrons. The largest absolute Gasteiger partial charge is 0.484 e. The first kappa shape index (κ1) is 24.0. The van der Waals surface area contributed by atoms with E-state index in [-0.39, 0.29) is 12.5 Å². The number of methoxy groups -OCH3 is 1. The number of aliphatic imine (C=N–C) groups is 1. The van der Waals surface area contributed by atoms with Crippen molar-refractivity contribution in [3.8, 4) is 5.75 Å². The van der Waals surface area contributed by atoms with E-state index in [9.17, 15) is 4.79 Å². The topological polar surface area (TPSA) is 87.2 Å². The van der Waals surface area contributed by atoms with Crippen LogP contribution >= 0.6 is 0 Å². The van der Waals surface area contributed by atoms with Crippen molar-refractivity contribution in [2.75, 3.05) is 60.6 Å². The monoisotopic (exact) mass is 419 g/mol. The SMILES string of the molecule is CN=C(NCCc1ccc(OCC(=O)NC2CC2)cc1)NCCN(C)CCCOC. The van der Waals surface area contributed by atoms with Gasteiger partial charge in [0.2, 0.25) is 0 Å². The maximum atomic E-state index is 11.7. The summed E-state index contributed by atoms with van der Waals surface area (Å²) in [5, 5.41) is 9.59. The maximum Gasteiger partial charge on any atom is 0.258 e. The van der Waals surface area contributed by atoms with E-state index in [4.69, 9.17) is 9.47 Å². The highest BCUT2D eigenvalue weighted by molar-refractivity contribution is 5.79. The predicted octanol–water partition coefficient (Wildman–Crippen LogP) is 1.02. The molecule has 30 heavy (non-hydrogen) atoms. The van der Waals surface area contributed by atoms with Gasteiger partial charge in [-0.25, -0.2) is 0 Å². The van der Waals surface area contributed by atoms with Crippen LogP contribution in [0.4, 0.5) is 0 Å². The molecule has 0 spiro atoms. The number of likely N-dealkylation sites (N-methyl/N-ethyl adjacent to an activating group) is 1. The summed E-state index contributed by atoms with van der Waals surface area (Å²) in [6.45, 7) is 4.46. The van der Waals surface area contributed by atoms with Crippen molar-refractivity contribution in [2.45, 2.75) is 31.7 Å². The lowest BCUT2D eigenvalue weighted by molar-refractivity contribution is -0.123. The summed E-state index contributed by atoms with van der Waals surface area (Å²) in [7, 11) is 5.62. The van der Waals surface area contributed by atoms with Crippen molar-refractivity contribution in [3.05, 3.63) is 29.8 Å². The molecular formula is C22H37N5O3. The first-order valence-electron chi connectivity index (χ1n) is 10.7. The van der Waals surface area contributed by atoms with Gasteiger partial charge < -0.3 is 30.3 Å². The molecule has 3 N–H and O–H groups in total. The molecular weight excluding hydrogens is 382 g/mol. The van der Waals surface area contributed by atoms with Crippen molar-refractivity contribution < 1.29 is 14.3 Å². The molecule has 2 rings (SSSR count). The number of hydrogen-bond donors (Lipinski definition) is 3. The number of carbonyl (C=O) groups excluding carboxylic acids is 1. The average Bonchev–Trinajstić information content (AvgIpc) is 3.56. The van der Waals surface area contributed by atoms with Crippen molar-refractivity contribution >= 4 is 11.9 Å². The molecule has 1 aromatic rings. The van der Waals surface area contributed by atoms with Gasteiger partial charge in [-0.15, -0.1) is 0 Å². The fourth-order valence-electron chi connectivity index (χ4n) is 2.90. The highest BCUT2D eigenvalue weighted by Gasteiger charge is 2.23. The summed E-state index contributed by atoms with van der Waals surface area (Å²) >= 11 is 0. The van der Waals surface area contributed by atoms with Gasteiger partial charge >= 0.3 is 0 Å². The molecule has 1 amide bonds. The van der Waals surface area contributed by atoms with Crippen LogP contribution in [0.2, 0.25) is 0 Å². The lowest BCUT2D eigenvalue weighted by Crippen LogP contribution is -2.41. The highest BCUT2D eigenvalue weighted by Crippen LogP contribution is 2.18. The standard InChI is InChI=1S/C22H37N5O3/c1-23-22(25-13-15-27(2)14-4-16-29-3)24-12-11-18-5-9-20(10-6-18)30-17-21(28)26-19-7-8-19/h5-6,9-10,19H,4,7-8,11-17H2,1-3H3,(H,26,28)(H2,23,24,25). The normalized spacial score (nSPS) is 13.9. The van der Waals surface area contributed by atoms with E-state index in [2.05, 4.69) is 32.9 Å². The van der Waals surface area contributed by atoms with E-state index < -0.39 is 0 Å². The number of guanidine groups is 1. The van der Waals surface area contributed by atoms with Gasteiger partial charge in [-0.05, 0) is 50.4 Å². The molecule has 168 valence electrons. The second kappa shape index (κ2) is 13.8. The Morgan fingerprint density at radius 2 is 1.90 bits per heavy atom. The van der Waals surface area contributed by atoms with Gasteiger partial charge in [-0.3, -0.25) is 9.79 Å². The van der Waals surface area contributed by atoms with Crippen LogP contribution in [0.1, 0.15) is 24.8 Å². The lowest BCUT2D eigenvalue weighted by Gasteiger charge is -2.18. The van der Waals surface area contributed by atoms with E-state index in [1.165, 1.54) is 5.56 Å². The highest BCUT2D eigenvalue weighted by atomic mass is 16.5. The van der Waals surface area contributed by atoms with E-state index >= 15 is 0 Å². The zero-order valence-electron chi connectivity index (χ0n) is 18.6. The van der Waals surface area contributed by atoms with Crippen LogP contribution < -0.4 is 20.7 Å². The van der Waals surface area contributed by atoms with Gasteiger partial charge in [0.05, 0.1) is 0 Å². The van der Waals surface area contributed by atoms with Crippen molar-refractivity contribution in [3.63, 3.8) is 0 Å². The minimum atomic E-state index is -0.0502. The summed E-state index contributed by atoms with van der Waals surface area (Å²) < 4.78 is 10.6. The molecule has 1 saturated carbocycles. The maximum absolute atomic E-state index is 11.7. The Kier molecular flexibility index (Phi) is 11.0. The minimum absolute atomic E-state index is 0.0502. The fraction of sp³-hybridized carbons (Fsp3) is 0.636. The number of nitrogens with one attached hydrogen (secondary N) is 3. The lowest BCUT2D eigenvalue weighted by atomic mass is 10.1. The molecule has 8 nitrogen and oxygen atoms in total. The molecule has 0 atom stereocenters. The van der Waals surface area contributed by atoms with Crippen molar-refractivity contribution in [2.24, 2.45) is 4.99 Å². The van der Waals surface area contributed by atoms with Crippen LogP contribution in [-0.2, 0) is 16.0 Å². The third-order valence-electron chi connectivity index (χ3n) is 4.84. The Hall–Kier alpha value is -2.32. The van der Waals surface area contributed by atoms with Gasteiger partial charge in [-0.1, -0.05) is 12.1 Å². The summed E-state index contributed by atoms with van der Waals surface area (Å²) in [5.41, 5.74) is 1.20. The van der Waals surface area contributed by atoms with Crippen LogP contribution in [-0.4, -0.2) is 83.4 Å². The molecule has 8 heteroatoms. The Bertz CT molecular complexity index is 647. The quantitative estimate of drug-likeness (QED) is 0.237. The number of nitrogens with zero attached hydrogens (tertiary/aromatic N) is 2. The summed E-state index contributed by atoms with van der Waals surface area (Å²) in [5.74, 6) is 1.47. The van der Waals surface area contributed by atoms with Gasteiger partial charge in [0.15, 0.2) is 12.6 Å². The average molecular weight is 420 g/mol. The summed E-state index contributed by atoms with van der Waals surface area (Å²) in [6, 6.07) is 8.24. The van der Waals surface area contributed by atoms with Crippen LogP contribution in [0.5, 0.6) is 5.75 Å². The molecule has 1 aliphatic carbocycles.